The summed E-state index contributed by atoms with van der Waals surface area (Å²) in [6.45, 7) is 5.07. The Morgan fingerprint density at radius 1 is 1.29 bits per heavy atom. The summed E-state index contributed by atoms with van der Waals surface area (Å²) in [5.74, 6) is -0.0139. The van der Waals surface area contributed by atoms with Crippen molar-refractivity contribution in [2.75, 3.05) is 17.7 Å². The fraction of sp³-hybridized carbons (Fsp3) is 0.348. The number of thioether (sulfide) groups is 1. The Morgan fingerprint density at radius 3 is 2.90 bits per heavy atom. The van der Waals surface area contributed by atoms with Crippen LogP contribution in [0.25, 0.3) is 10.9 Å². The van der Waals surface area contributed by atoms with Crippen molar-refractivity contribution in [2.24, 2.45) is 0 Å². The van der Waals surface area contributed by atoms with Gasteiger partial charge in [-0.1, -0.05) is 35.5 Å². The Morgan fingerprint density at radius 2 is 2.13 bits per heavy atom. The van der Waals surface area contributed by atoms with E-state index in [-0.39, 0.29) is 23.3 Å². The second-order valence-electron chi connectivity index (χ2n) is 7.76. The quantitative estimate of drug-likeness (QED) is 0.433. The van der Waals surface area contributed by atoms with E-state index in [0.29, 0.717) is 34.2 Å². The number of halogens is 1. The molecule has 0 radical (unpaired) electrons. The third kappa shape index (κ3) is 5.11. The van der Waals surface area contributed by atoms with Gasteiger partial charge in [0.1, 0.15) is 0 Å². The monoisotopic (exact) mass is 457 g/mol. The second-order valence-corrected chi connectivity index (χ2v) is 9.14. The number of ether oxygens (including phenoxy) is 1. The van der Waals surface area contributed by atoms with Gasteiger partial charge in [0.25, 0.3) is 5.56 Å². The molecular weight excluding hydrogens is 434 g/mol. The van der Waals surface area contributed by atoms with Crippen LogP contribution in [0.5, 0.6) is 0 Å². The highest BCUT2D eigenvalue weighted by atomic mass is 35.5. The van der Waals surface area contributed by atoms with E-state index in [0.717, 1.165) is 29.7 Å². The number of nitrogens with one attached hydrogen (secondary N) is 1. The van der Waals surface area contributed by atoms with Crippen molar-refractivity contribution in [3.05, 3.63) is 62.9 Å². The minimum absolute atomic E-state index is 0.0210. The molecule has 162 valence electrons. The fourth-order valence-corrected chi connectivity index (χ4v) is 4.60. The number of hydrogen-bond acceptors (Lipinski definition) is 5. The molecule has 2 heterocycles. The van der Waals surface area contributed by atoms with Crippen LogP contribution in [0.4, 0.5) is 5.69 Å². The van der Waals surface area contributed by atoms with Crippen LogP contribution in [-0.4, -0.2) is 33.9 Å². The highest BCUT2D eigenvalue weighted by molar-refractivity contribution is 7.99. The summed E-state index contributed by atoms with van der Waals surface area (Å²) in [4.78, 5) is 30.4. The number of hydrogen-bond donors (Lipinski definition) is 1. The largest absolute Gasteiger partial charge is 0.376 e. The van der Waals surface area contributed by atoms with E-state index in [1.807, 2.05) is 32.0 Å². The SMILES string of the molecule is Cc1ccc(C)c(NC(=O)CSc2nc3cc(Cl)ccc3c(=O)n2CC2CCCO2)c1. The molecule has 1 aliphatic rings. The molecule has 0 bridgehead atoms. The molecule has 1 fully saturated rings. The molecular formula is C23H24ClN3O3S. The van der Waals surface area contributed by atoms with Crippen LogP contribution >= 0.6 is 23.4 Å². The number of anilines is 1. The third-order valence-electron chi connectivity index (χ3n) is 5.29. The molecule has 1 aliphatic heterocycles. The third-order valence-corrected chi connectivity index (χ3v) is 6.50. The van der Waals surface area contributed by atoms with Crippen LogP contribution < -0.4 is 10.9 Å². The first-order valence-corrected chi connectivity index (χ1v) is 11.6. The van der Waals surface area contributed by atoms with E-state index in [1.54, 1.807) is 22.8 Å². The summed E-state index contributed by atoms with van der Waals surface area (Å²) in [6, 6.07) is 11.0. The Kier molecular flexibility index (Phi) is 6.65. The van der Waals surface area contributed by atoms with E-state index >= 15 is 0 Å². The number of carbonyl (C=O) groups excluding carboxylic acids is 1. The number of carbonyl (C=O) groups is 1. The number of rotatable bonds is 6. The Hall–Kier alpha value is -2.35. The van der Waals surface area contributed by atoms with Crippen molar-refractivity contribution in [3.8, 4) is 0 Å². The molecule has 1 unspecified atom stereocenters. The number of benzene rings is 2. The predicted octanol–water partition coefficient (Wildman–Crippen LogP) is 4.58. The molecule has 6 nitrogen and oxygen atoms in total. The molecule has 1 N–H and O–H groups in total. The first-order chi connectivity index (χ1) is 14.9. The minimum Gasteiger partial charge on any atom is -0.376 e. The molecule has 8 heteroatoms. The van der Waals surface area contributed by atoms with Gasteiger partial charge in [-0.2, -0.15) is 0 Å². The molecule has 1 aromatic heterocycles. The molecule has 4 rings (SSSR count). The number of nitrogens with zero attached hydrogens (tertiary/aromatic N) is 2. The van der Waals surface area contributed by atoms with Gasteiger partial charge in [-0.3, -0.25) is 14.2 Å². The normalized spacial score (nSPS) is 16.0. The van der Waals surface area contributed by atoms with Gasteiger partial charge in [0.05, 0.1) is 29.3 Å². The van der Waals surface area contributed by atoms with E-state index in [9.17, 15) is 9.59 Å². The number of aromatic nitrogens is 2. The van der Waals surface area contributed by atoms with E-state index in [2.05, 4.69) is 10.3 Å². The zero-order valence-corrected chi connectivity index (χ0v) is 19.1. The maximum atomic E-state index is 13.2. The van der Waals surface area contributed by atoms with Crippen LogP contribution in [0.2, 0.25) is 5.02 Å². The van der Waals surface area contributed by atoms with Crippen molar-refractivity contribution >= 4 is 45.9 Å². The first kappa shape index (κ1) is 21.9. The van der Waals surface area contributed by atoms with E-state index in [1.165, 1.54) is 11.8 Å². The van der Waals surface area contributed by atoms with Crippen LogP contribution in [0.3, 0.4) is 0 Å². The molecule has 0 spiro atoms. The minimum atomic E-state index is -0.150. The lowest BCUT2D eigenvalue weighted by molar-refractivity contribution is -0.113. The summed E-state index contributed by atoms with van der Waals surface area (Å²) < 4.78 is 7.36. The van der Waals surface area contributed by atoms with Crippen molar-refractivity contribution in [1.29, 1.82) is 0 Å². The van der Waals surface area contributed by atoms with Crippen LogP contribution in [0, 0.1) is 13.8 Å². The van der Waals surface area contributed by atoms with E-state index in [4.69, 9.17) is 16.3 Å². The fourth-order valence-electron chi connectivity index (χ4n) is 3.62. The smallest absolute Gasteiger partial charge is 0.262 e. The van der Waals surface area contributed by atoms with Gasteiger partial charge in [-0.15, -0.1) is 0 Å². The zero-order valence-electron chi connectivity index (χ0n) is 17.5. The molecule has 2 aromatic carbocycles. The lowest BCUT2D eigenvalue weighted by Gasteiger charge is -2.16. The van der Waals surface area contributed by atoms with Gasteiger partial charge in [-0.25, -0.2) is 4.98 Å². The number of amides is 1. The van der Waals surface area contributed by atoms with Crippen molar-refractivity contribution in [2.45, 2.75) is 44.5 Å². The van der Waals surface area contributed by atoms with Gasteiger partial charge in [0, 0.05) is 17.3 Å². The highest BCUT2D eigenvalue weighted by Gasteiger charge is 2.21. The molecule has 0 aliphatic carbocycles. The van der Waals surface area contributed by atoms with Crippen molar-refractivity contribution < 1.29 is 9.53 Å². The van der Waals surface area contributed by atoms with Crippen molar-refractivity contribution in [1.82, 2.24) is 9.55 Å². The summed E-state index contributed by atoms with van der Waals surface area (Å²) in [7, 11) is 0. The van der Waals surface area contributed by atoms with Gasteiger partial charge in [-0.05, 0) is 62.1 Å². The lowest BCUT2D eigenvalue weighted by atomic mass is 10.1. The van der Waals surface area contributed by atoms with Crippen LogP contribution in [0.1, 0.15) is 24.0 Å². The summed E-state index contributed by atoms with van der Waals surface area (Å²) in [6.07, 6.45) is 1.87. The number of aryl methyl sites for hydroxylation is 2. The molecule has 1 amide bonds. The summed E-state index contributed by atoms with van der Waals surface area (Å²) >= 11 is 7.35. The molecule has 0 saturated carbocycles. The maximum absolute atomic E-state index is 13.2. The Balaban J connectivity index is 1.59. The van der Waals surface area contributed by atoms with Gasteiger partial charge in [0.2, 0.25) is 5.91 Å². The summed E-state index contributed by atoms with van der Waals surface area (Å²) in [5, 5.41) is 4.47. The van der Waals surface area contributed by atoms with Gasteiger partial charge in [0.15, 0.2) is 5.16 Å². The highest BCUT2D eigenvalue weighted by Crippen LogP contribution is 2.23. The van der Waals surface area contributed by atoms with Gasteiger partial charge < -0.3 is 10.1 Å². The number of fused-ring (bicyclic) bond motifs is 1. The average molecular weight is 458 g/mol. The van der Waals surface area contributed by atoms with Crippen molar-refractivity contribution in [3.63, 3.8) is 0 Å². The Labute approximate surface area is 190 Å². The topological polar surface area (TPSA) is 73.2 Å². The second kappa shape index (κ2) is 9.42. The predicted molar refractivity (Wildman–Crippen MR) is 125 cm³/mol. The zero-order chi connectivity index (χ0) is 22.0. The standard InChI is InChI=1S/C23H24ClN3O3S/c1-14-5-6-15(2)19(10-14)25-21(28)13-31-23-26-20-11-16(24)7-8-18(20)22(29)27(23)12-17-4-3-9-30-17/h5-8,10-11,17H,3-4,9,12-13H2,1-2H3,(H,25,28). The molecule has 1 atom stereocenters. The van der Waals surface area contributed by atoms with Gasteiger partial charge >= 0.3 is 0 Å². The van der Waals surface area contributed by atoms with Crippen LogP contribution in [0.15, 0.2) is 46.3 Å². The Bertz CT molecular complexity index is 1190. The van der Waals surface area contributed by atoms with Crippen LogP contribution in [-0.2, 0) is 16.1 Å². The summed E-state index contributed by atoms with van der Waals surface area (Å²) in [5.41, 5.74) is 3.25. The lowest BCUT2D eigenvalue weighted by Crippen LogP contribution is -2.29. The maximum Gasteiger partial charge on any atom is 0.262 e. The van der Waals surface area contributed by atoms with E-state index < -0.39 is 0 Å². The molecule has 3 aromatic rings. The molecule has 1 saturated heterocycles. The molecule has 31 heavy (non-hydrogen) atoms. The average Bonchev–Trinajstić information content (AvgIpc) is 3.24. The first-order valence-electron chi connectivity index (χ1n) is 10.2.